The molecule has 5 atom stereocenters. The Morgan fingerprint density at radius 3 is 2.45 bits per heavy atom. The lowest BCUT2D eigenvalue weighted by Gasteiger charge is -2.44. The van der Waals surface area contributed by atoms with E-state index in [2.05, 4.69) is 0 Å². The molecule has 0 spiro atoms. The molecule has 2 aromatic carbocycles. The number of aliphatic hydroxyl groups is 3. The predicted molar refractivity (Wildman–Crippen MR) is 103 cm³/mol. The first-order chi connectivity index (χ1) is 14.0. The van der Waals surface area contributed by atoms with Gasteiger partial charge in [0, 0.05) is 0 Å². The minimum absolute atomic E-state index is 0.363. The van der Waals surface area contributed by atoms with E-state index in [1.807, 2.05) is 43.3 Å². The first kappa shape index (κ1) is 19.8. The maximum Gasteiger partial charge on any atom is 0.338 e. The molecule has 0 aromatic heterocycles. The molecular formula is C22H24O7. The van der Waals surface area contributed by atoms with Crippen molar-refractivity contribution < 1.29 is 34.3 Å². The predicted octanol–water partition coefficient (Wildman–Crippen LogP) is 1.37. The van der Waals surface area contributed by atoms with Gasteiger partial charge in [0.15, 0.2) is 6.10 Å². The number of benzene rings is 2. The fourth-order valence-electron chi connectivity index (χ4n) is 3.91. The van der Waals surface area contributed by atoms with Gasteiger partial charge in [-0.25, -0.2) is 4.79 Å². The van der Waals surface area contributed by atoms with Crippen molar-refractivity contribution in [3.05, 3.63) is 64.7 Å². The van der Waals surface area contributed by atoms with Gasteiger partial charge in [-0.15, -0.1) is 0 Å². The molecule has 4 rings (SSSR count). The highest BCUT2D eigenvalue weighted by molar-refractivity contribution is 5.92. The lowest BCUT2D eigenvalue weighted by Crippen LogP contribution is -2.58. The maximum absolute atomic E-state index is 12.4. The average molecular weight is 400 g/mol. The highest BCUT2D eigenvalue weighted by Gasteiger charge is 2.50. The topological polar surface area (TPSA) is 105 Å². The van der Waals surface area contributed by atoms with Crippen LogP contribution in [0.2, 0.25) is 0 Å². The summed E-state index contributed by atoms with van der Waals surface area (Å²) >= 11 is 0. The van der Waals surface area contributed by atoms with E-state index in [9.17, 15) is 20.1 Å². The number of rotatable bonds is 5. The minimum Gasteiger partial charge on any atom is -0.494 e. The summed E-state index contributed by atoms with van der Waals surface area (Å²) in [6.45, 7) is 2.10. The highest BCUT2D eigenvalue weighted by Crippen LogP contribution is 2.40. The summed E-state index contributed by atoms with van der Waals surface area (Å²) in [4.78, 5) is 12.4. The van der Waals surface area contributed by atoms with Crippen LogP contribution in [-0.4, -0.2) is 58.9 Å². The van der Waals surface area contributed by atoms with E-state index in [0.717, 1.165) is 16.9 Å². The smallest absolute Gasteiger partial charge is 0.338 e. The lowest BCUT2D eigenvalue weighted by atomic mass is 9.85. The molecule has 1 fully saturated rings. The molecule has 1 saturated heterocycles. The van der Waals surface area contributed by atoms with Gasteiger partial charge >= 0.3 is 5.97 Å². The molecule has 2 aromatic rings. The van der Waals surface area contributed by atoms with Crippen LogP contribution in [0, 0.1) is 0 Å². The summed E-state index contributed by atoms with van der Waals surface area (Å²) in [7, 11) is 0. The van der Waals surface area contributed by atoms with Crippen LogP contribution >= 0.6 is 0 Å². The third-order valence-corrected chi connectivity index (χ3v) is 5.40. The third-order valence-electron chi connectivity index (χ3n) is 5.40. The van der Waals surface area contributed by atoms with Crippen LogP contribution in [0.15, 0.2) is 42.5 Å². The molecule has 29 heavy (non-hydrogen) atoms. The zero-order chi connectivity index (χ0) is 20.5. The summed E-state index contributed by atoms with van der Waals surface area (Å²) in [5.74, 6) is 0.247. The molecule has 0 saturated carbocycles. The molecule has 154 valence electrons. The Bertz CT molecular complexity index is 879. The van der Waals surface area contributed by atoms with E-state index in [1.54, 1.807) is 6.07 Å². The number of carbonyl (C=O) groups excluding carboxylic acids is 1. The Labute approximate surface area is 168 Å². The minimum atomic E-state index is -1.34. The van der Waals surface area contributed by atoms with E-state index in [4.69, 9.17) is 14.2 Å². The number of ether oxygens (including phenoxy) is 3. The molecule has 0 aliphatic carbocycles. The van der Waals surface area contributed by atoms with Crippen molar-refractivity contribution in [3.8, 4) is 5.75 Å². The molecule has 2 aliphatic heterocycles. The van der Waals surface area contributed by atoms with Crippen LogP contribution in [0.1, 0.15) is 40.1 Å². The van der Waals surface area contributed by atoms with E-state index in [-0.39, 0.29) is 0 Å². The molecular weight excluding hydrogens is 376 g/mol. The van der Waals surface area contributed by atoms with Crippen LogP contribution < -0.4 is 4.74 Å². The van der Waals surface area contributed by atoms with Gasteiger partial charge in [0.2, 0.25) is 0 Å². The Balaban J connectivity index is 1.62. The van der Waals surface area contributed by atoms with Crippen LogP contribution in [0.3, 0.4) is 0 Å². The van der Waals surface area contributed by atoms with Gasteiger partial charge in [0.05, 0.1) is 18.8 Å². The first-order valence-corrected chi connectivity index (χ1v) is 9.69. The van der Waals surface area contributed by atoms with Crippen LogP contribution in [0.25, 0.3) is 0 Å². The van der Waals surface area contributed by atoms with Crippen LogP contribution in [-0.2, 0) is 15.9 Å². The second-order valence-electron chi connectivity index (χ2n) is 7.30. The molecule has 7 nitrogen and oxygen atoms in total. The normalized spacial score (nSPS) is 28.3. The molecule has 2 aliphatic rings. The molecule has 0 amide bonds. The van der Waals surface area contributed by atoms with E-state index >= 15 is 0 Å². The Hall–Kier alpha value is -2.45. The van der Waals surface area contributed by atoms with Gasteiger partial charge in [-0.1, -0.05) is 24.3 Å². The molecule has 0 bridgehead atoms. The Morgan fingerprint density at radius 1 is 1.03 bits per heavy atom. The second-order valence-corrected chi connectivity index (χ2v) is 7.30. The van der Waals surface area contributed by atoms with Crippen LogP contribution in [0.5, 0.6) is 5.75 Å². The standard InChI is InChI=1S/C22H24O7/c1-2-27-14-6-3-12(4-7-14)9-13-5-8-15-16(10-13)20-21(29-22(15)26)19(25)18(24)17(11-23)28-20/h3-8,10,17-21,23-25H,2,9,11H2,1H3/t17-,18-,19+,20+,21-/m1/s1. The summed E-state index contributed by atoms with van der Waals surface area (Å²) in [5.41, 5.74) is 3.00. The van der Waals surface area contributed by atoms with Crippen LogP contribution in [0.4, 0.5) is 0 Å². The number of fused-ring (bicyclic) bond motifs is 3. The fourth-order valence-corrected chi connectivity index (χ4v) is 3.91. The van der Waals surface area contributed by atoms with Gasteiger partial charge in [-0.05, 0) is 48.2 Å². The third kappa shape index (κ3) is 3.74. The second kappa shape index (κ2) is 8.12. The lowest BCUT2D eigenvalue weighted by molar-refractivity contribution is -0.234. The Kier molecular flexibility index (Phi) is 5.56. The number of aliphatic hydroxyl groups excluding tert-OH is 3. The summed E-state index contributed by atoms with van der Waals surface area (Å²) < 4.78 is 16.6. The quantitative estimate of drug-likeness (QED) is 0.651. The summed E-state index contributed by atoms with van der Waals surface area (Å²) in [6, 6.07) is 13.2. The SMILES string of the molecule is CCOc1ccc(Cc2ccc3c(c2)[C@@H]2O[C@H](CO)[C@@H](O)[C@H](O)[C@H]2OC3=O)cc1. The van der Waals surface area contributed by atoms with Crippen molar-refractivity contribution in [2.75, 3.05) is 13.2 Å². The van der Waals surface area contributed by atoms with E-state index in [1.165, 1.54) is 0 Å². The van der Waals surface area contributed by atoms with Crippen molar-refractivity contribution in [1.82, 2.24) is 0 Å². The zero-order valence-corrected chi connectivity index (χ0v) is 16.0. The number of esters is 1. The van der Waals surface area contributed by atoms with Gasteiger partial charge < -0.3 is 29.5 Å². The van der Waals surface area contributed by atoms with Crippen molar-refractivity contribution in [3.63, 3.8) is 0 Å². The van der Waals surface area contributed by atoms with Crippen molar-refractivity contribution in [2.24, 2.45) is 0 Å². The number of hydrogen-bond acceptors (Lipinski definition) is 7. The molecule has 2 heterocycles. The van der Waals surface area contributed by atoms with Gasteiger partial charge in [0.25, 0.3) is 0 Å². The first-order valence-electron chi connectivity index (χ1n) is 9.69. The monoisotopic (exact) mass is 400 g/mol. The highest BCUT2D eigenvalue weighted by atomic mass is 16.6. The van der Waals surface area contributed by atoms with E-state index < -0.39 is 43.1 Å². The number of hydrogen-bond donors (Lipinski definition) is 3. The zero-order valence-electron chi connectivity index (χ0n) is 16.0. The number of carbonyl (C=O) groups is 1. The summed E-state index contributed by atoms with van der Waals surface area (Å²) in [6.07, 6.45) is -4.75. The average Bonchev–Trinajstić information content (AvgIpc) is 2.73. The molecule has 0 unspecified atom stereocenters. The molecule has 3 N–H and O–H groups in total. The largest absolute Gasteiger partial charge is 0.494 e. The van der Waals surface area contributed by atoms with Crippen molar-refractivity contribution >= 4 is 5.97 Å². The molecule has 0 radical (unpaired) electrons. The van der Waals surface area contributed by atoms with Gasteiger partial charge in [-0.2, -0.15) is 0 Å². The van der Waals surface area contributed by atoms with Gasteiger partial charge in [0.1, 0.15) is 30.2 Å². The fraction of sp³-hybridized carbons (Fsp3) is 0.409. The van der Waals surface area contributed by atoms with Crippen molar-refractivity contribution in [1.29, 1.82) is 0 Å². The summed E-state index contributed by atoms with van der Waals surface area (Å²) in [5, 5.41) is 29.9. The van der Waals surface area contributed by atoms with E-state index in [0.29, 0.717) is 24.2 Å². The maximum atomic E-state index is 12.4. The molecule has 7 heteroatoms. The Morgan fingerprint density at radius 2 is 1.76 bits per heavy atom. The van der Waals surface area contributed by atoms with Crippen molar-refractivity contribution in [2.45, 2.75) is 43.9 Å². The van der Waals surface area contributed by atoms with Gasteiger partial charge in [-0.3, -0.25) is 0 Å².